The lowest BCUT2D eigenvalue weighted by Crippen LogP contribution is -2.41. The smallest absolute Gasteiger partial charge is 0.0695 e. The van der Waals surface area contributed by atoms with E-state index in [0.717, 1.165) is 12.3 Å². The van der Waals surface area contributed by atoms with Gasteiger partial charge in [-0.25, -0.2) is 0 Å². The summed E-state index contributed by atoms with van der Waals surface area (Å²) in [6.45, 7) is 4.75. The van der Waals surface area contributed by atoms with Gasteiger partial charge in [0.15, 0.2) is 0 Å². The third kappa shape index (κ3) is 2.73. The summed E-state index contributed by atoms with van der Waals surface area (Å²) in [7, 11) is 0. The van der Waals surface area contributed by atoms with Crippen LogP contribution in [-0.4, -0.2) is 35.2 Å². The van der Waals surface area contributed by atoms with Crippen LogP contribution in [0.25, 0.3) is 0 Å². The molecule has 1 unspecified atom stereocenters. The highest BCUT2D eigenvalue weighted by Gasteiger charge is 2.31. The predicted molar refractivity (Wildman–Crippen MR) is 62.9 cm³/mol. The Bertz CT molecular complexity index is 195. The van der Waals surface area contributed by atoms with Crippen LogP contribution in [0.2, 0.25) is 0 Å². The number of hydrogen-bond acceptors (Lipinski definition) is 2. The molecule has 1 aliphatic carbocycles. The van der Waals surface area contributed by atoms with Crippen molar-refractivity contribution in [2.75, 3.05) is 13.1 Å². The quantitative estimate of drug-likeness (QED) is 0.758. The van der Waals surface area contributed by atoms with E-state index in [1.54, 1.807) is 0 Å². The van der Waals surface area contributed by atoms with E-state index in [-0.39, 0.29) is 6.10 Å². The van der Waals surface area contributed by atoms with Gasteiger partial charge in [0.1, 0.15) is 0 Å². The summed E-state index contributed by atoms with van der Waals surface area (Å²) in [6.07, 6.45) is 8.84. The Morgan fingerprint density at radius 3 is 2.60 bits per heavy atom. The lowest BCUT2D eigenvalue weighted by molar-refractivity contribution is 0.0721. The molecule has 88 valence electrons. The first-order chi connectivity index (χ1) is 7.31. The molecule has 2 aliphatic rings. The molecule has 1 N–H and O–H groups in total. The van der Waals surface area contributed by atoms with Crippen molar-refractivity contribution in [3.8, 4) is 0 Å². The summed E-state index contributed by atoms with van der Waals surface area (Å²) in [5.41, 5.74) is 0. The molecule has 0 radical (unpaired) electrons. The highest BCUT2D eigenvalue weighted by atomic mass is 16.3. The second-order valence-corrected chi connectivity index (χ2v) is 5.31. The van der Waals surface area contributed by atoms with Gasteiger partial charge >= 0.3 is 0 Å². The maximum atomic E-state index is 9.91. The first kappa shape index (κ1) is 11.4. The summed E-state index contributed by atoms with van der Waals surface area (Å²) in [4.78, 5) is 2.56. The molecule has 2 fully saturated rings. The van der Waals surface area contributed by atoms with Crippen LogP contribution in [0, 0.1) is 5.92 Å². The molecule has 0 bridgehead atoms. The zero-order valence-electron chi connectivity index (χ0n) is 9.99. The molecule has 1 saturated heterocycles. The van der Waals surface area contributed by atoms with E-state index in [9.17, 15) is 5.11 Å². The predicted octanol–water partition coefficient (Wildman–Crippen LogP) is 2.41. The highest BCUT2D eigenvalue weighted by Crippen LogP contribution is 2.28. The molecular formula is C13H25NO. The molecule has 0 aromatic rings. The summed E-state index contributed by atoms with van der Waals surface area (Å²) >= 11 is 0. The number of aliphatic hydroxyl groups excluding tert-OH is 1. The van der Waals surface area contributed by atoms with E-state index in [0.29, 0.717) is 6.04 Å². The second kappa shape index (κ2) is 5.31. The van der Waals surface area contributed by atoms with Crippen molar-refractivity contribution in [1.29, 1.82) is 0 Å². The first-order valence-corrected chi connectivity index (χ1v) is 6.73. The van der Waals surface area contributed by atoms with Crippen LogP contribution < -0.4 is 0 Å². The number of likely N-dealkylation sites (tertiary alicyclic amines) is 1. The van der Waals surface area contributed by atoms with Gasteiger partial charge in [0.05, 0.1) is 6.10 Å². The molecule has 0 aromatic heterocycles. The van der Waals surface area contributed by atoms with Gasteiger partial charge in [-0.3, -0.25) is 4.90 Å². The maximum Gasteiger partial charge on any atom is 0.0695 e. The van der Waals surface area contributed by atoms with E-state index in [2.05, 4.69) is 11.8 Å². The van der Waals surface area contributed by atoms with Crippen molar-refractivity contribution < 1.29 is 5.11 Å². The molecule has 3 atom stereocenters. The van der Waals surface area contributed by atoms with Gasteiger partial charge in [0, 0.05) is 6.04 Å². The number of aliphatic hydroxyl groups is 1. The fourth-order valence-corrected chi connectivity index (χ4v) is 3.27. The minimum absolute atomic E-state index is 0.0387. The summed E-state index contributed by atoms with van der Waals surface area (Å²) in [5, 5.41) is 9.91. The van der Waals surface area contributed by atoms with Gasteiger partial charge in [-0.15, -0.1) is 0 Å². The van der Waals surface area contributed by atoms with E-state index in [4.69, 9.17) is 0 Å². The third-order valence-electron chi connectivity index (χ3n) is 4.37. The molecule has 2 heteroatoms. The number of nitrogens with zero attached hydrogens (tertiary/aromatic N) is 1. The lowest BCUT2D eigenvalue weighted by Gasteiger charge is -2.29. The summed E-state index contributed by atoms with van der Waals surface area (Å²) < 4.78 is 0. The molecule has 0 amide bonds. The fourth-order valence-electron chi connectivity index (χ4n) is 3.27. The van der Waals surface area contributed by atoms with Crippen molar-refractivity contribution in [2.45, 2.75) is 64.0 Å². The average molecular weight is 211 g/mol. The SMILES string of the molecule is CCC1CCCN([C@H]2CCC[C@@H]2O)CC1. The Labute approximate surface area is 93.7 Å². The van der Waals surface area contributed by atoms with Crippen LogP contribution in [0.5, 0.6) is 0 Å². The molecule has 2 rings (SSSR count). The standard InChI is InChI=1S/C13H25NO/c1-2-11-5-4-9-14(10-8-11)12-6-3-7-13(12)15/h11-13,15H,2-10H2,1H3/t11?,12-,13-/m0/s1. The topological polar surface area (TPSA) is 23.5 Å². The largest absolute Gasteiger partial charge is 0.391 e. The molecule has 2 nitrogen and oxygen atoms in total. The van der Waals surface area contributed by atoms with Gasteiger partial charge in [-0.05, 0) is 57.5 Å². The lowest BCUT2D eigenvalue weighted by atomic mass is 9.98. The minimum Gasteiger partial charge on any atom is -0.391 e. The normalized spacial score (nSPS) is 39.2. The van der Waals surface area contributed by atoms with Gasteiger partial charge in [0.25, 0.3) is 0 Å². The summed E-state index contributed by atoms with van der Waals surface area (Å²) in [5.74, 6) is 0.938. The van der Waals surface area contributed by atoms with Crippen LogP contribution in [-0.2, 0) is 0 Å². The minimum atomic E-state index is -0.0387. The average Bonchev–Trinajstić information content (AvgIpc) is 2.54. The molecule has 0 aromatic carbocycles. The Morgan fingerprint density at radius 1 is 1.07 bits per heavy atom. The van der Waals surface area contributed by atoms with Crippen LogP contribution in [0.3, 0.4) is 0 Å². The zero-order chi connectivity index (χ0) is 10.7. The third-order valence-corrected chi connectivity index (χ3v) is 4.37. The van der Waals surface area contributed by atoms with Crippen LogP contribution >= 0.6 is 0 Å². The number of rotatable bonds is 2. The van der Waals surface area contributed by atoms with Gasteiger partial charge in [-0.2, -0.15) is 0 Å². The zero-order valence-corrected chi connectivity index (χ0v) is 9.99. The van der Waals surface area contributed by atoms with E-state index in [1.165, 1.54) is 51.6 Å². The monoisotopic (exact) mass is 211 g/mol. The summed E-state index contributed by atoms with van der Waals surface area (Å²) in [6, 6.07) is 0.487. The molecule has 1 saturated carbocycles. The second-order valence-electron chi connectivity index (χ2n) is 5.31. The maximum absolute atomic E-state index is 9.91. The van der Waals surface area contributed by atoms with E-state index >= 15 is 0 Å². The molecular weight excluding hydrogens is 186 g/mol. The van der Waals surface area contributed by atoms with Crippen molar-refractivity contribution in [1.82, 2.24) is 4.90 Å². The molecule has 1 heterocycles. The highest BCUT2D eigenvalue weighted by molar-refractivity contribution is 4.86. The molecule has 15 heavy (non-hydrogen) atoms. The van der Waals surface area contributed by atoms with Crippen molar-refractivity contribution in [2.24, 2.45) is 5.92 Å². The van der Waals surface area contributed by atoms with Gasteiger partial charge < -0.3 is 5.11 Å². The van der Waals surface area contributed by atoms with Crippen molar-refractivity contribution in [3.05, 3.63) is 0 Å². The first-order valence-electron chi connectivity index (χ1n) is 6.73. The van der Waals surface area contributed by atoms with Crippen LogP contribution in [0.15, 0.2) is 0 Å². The molecule has 1 aliphatic heterocycles. The van der Waals surface area contributed by atoms with Crippen LogP contribution in [0.1, 0.15) is 51.9 Å². The van der Waals surface area contributed by atoms with E-state index in [1.807, 2.05) is 0 Å². The fraction of sp³-hybridized carbons (Fsp3) is 1.00. The van der Waals surface area contributed by atoms with Gasteiger partial charge in [0.2, 0.25) is 0 Å². The Hall–Kier alpha value is -0.0800. The van der Waals surface area contributed by atoms with Crippen LogP contribution in [0.4, 0.5) is 0 Å². The molecule has 0 spiro atoms. The van der Waals surface area contributed by atoms with Gasteiger partial charge in [-0.1, -0.05) is 13.3 Å². The number of hydrogen-bond donors (Lipinski definition) is 1. The van der Waals surface area contributed by atoms with E-state index < -0.39 is 0 Å². The van der Waals surface area contributed by atoms with Crippen molar-refractivity contribution in [3.63, 3.8) is 0 Å². The Kier molecular flexibility index (Phi) is 4.04. The van der Waals surface area contributed by atoms with Crippen molar-refractivity contribution >= 4 is 0 Å². The Balaban J connectivity index is 1.87. The Morgan fingerprint density at radius 2 is 1.93 bits per heavy atom.